The molecule has 1 amide bonds. The van der Waals surface area contributed by atoms with Gasteiger partial charge in [0.1, 0.15) is 5.60 Å². The Bertz CT molecular complexity index is 900. The molecule has 0 saturated heterocycles. The maximum atomic E-state index is 12.4. The summed E-state index contributed by atoms with van der Waals surface area (Å²) >= 11 is 0. The number of para-hydroxylation sites is 1. The molecule has 0 radical (unpaired) electrons. The number of amides is 1. The van der Waals surface area contributed by atoms with E-state index in [-0.39, 0.29) is 45.7 Å². The maximum Gasteiger partial charge on any atom is 0.408 e. The number of ketones is 1. The van der Waals surface area contributed by atoms with Gasteiger partial charge in [-0.3, -0.25) is 4.79 Å². The van der Waals surface area contributed by atoms with E-state index in [2.05, 4.69) is 10.6 Å². The van der Waals surface area contributed by atoms with Crippen LogP contribution in [-0.4, -0.2) is 24.0 Å². The molecule has 0 aliphatic carbocycles. The molecule has 31 heavy (non-hydrogen) atoms. The van der Waals surface area contributed by atoms with Crippen LogP contribution in [0, 0.1) is 39.9 Å². The molecule has 0 unspecified atom stereocenters. The van der Waals surface area contributed by atoms with Crippen LogP contribution in [0.1, 0.15) is 51.8 Å². The molecule has 0 spiro atoms. The first-order valence-corrected chi connectivity index (χ1v) is 9.86. The molecule has 2 aromatic carbocycles. The van der Waals surface area contributed by atoms with Crippen LogP contribution in [-0.2, 0) is 9.53 Å². The summed E-state index contributed by atoms with van der Waals surface area (Å²) in [5, 5.41) is 7.49. The molecule has 0 heterocycles. The van der Waals surface area contributed by atoms with Gasteiger partial charge in [-0.2, -0.15) is 0 Å². The van der Waals surface area contributed by atoms with Crippen LogP contribution in [0.2, 0.25) is 0 Å². The van der Waals surface area contributed by atoms with Crippen molar-refractivity contribution in [1.82, 2.24) is 5.32 Å². The number of benzene rings is 2. The Hall–Kier alpha value is -1.96. The summed E-state index contributed by atoms with van der Waals surface area (Å²) < 4.78 is 5.41. The average molecular weight is 641 g/mol. The number of ether oxygens (including phenoxy) is 1. The van der Waals surface area contributed by atoms with Crippen LogP contribution < -0.4 is 11.1 Å². The number of nitrogens with two attached hydrogens (primary N) is 1. The number of hydrogen-bond donors (Lipinski definition) is 2. The summed E-state index contributed by atoms with van der Waals surface area (Å²) in [5.41, 5.74) is 8.65. The Balaban J connectivity index is 0.00000480. The van der Waals surface area contributed by atoms with Gasteiger partial charge in [0.25, 0.3) is 0 Å². The molecule has 0 fully saturated rings. The van der Waals surface area contributed by atoms with Crippen molar-refractivity contribution in [2.24, 2.45) is 5.73 Å². The van der Waals surface area contributed by atoms with Crippen molar-refractivity contribution in [1.29, 1.82) is 0 Å². The summed E-state index contributed by atoms with van der Waals surface area (Å²) in [5.74, 6) is -0.0924. The fraction of sp³-hybridized carbons (Fsp3) is 0.333. The number of alkyl carbamates (subject to hydrolysis) is 1. The van der Waals surface area contributed by atoms with Gasteiger partial charge in [0.15, 0.2) is 5.78 Å². The molecule has 164 valence electrons. The number of allylic oxidation sites excluding steroid dienone is 2. The summed E-state index contributed by atoms with van der Waals surface area (Å²) in [6, 6.07) is 16.6. The minimum atomic E-state index is -0.602. The fourth-order valence-electron chi connectivity index (χ4n) is 3.00. The first-order chi connectivity index (χ1) is 14.1. The van der Waals surface area contributed by atoms with Gasteiger partial charge in [0.2, 0.25) is 0 Å². The Morgan fingerprint density at radius 2 is 1.61 bits per heavy atom. The number of rotatable bonds is 7. The summed E-state index contributed by atoms with van der Waals surface area (Å²) in [4.78, 5) is 24.3. The topological polar surface area (TPSA) is 95.5 Å². The molecule has 6 nitrogen and oxygen atoms in total. The van der Waals surface area contributed by atoms with Gasteiger partial charge in [-0.1, -0.05) is 54.6 Å². The zero-order valence-electron chi connectivity index (χ0n) is 18.7. The van der Waals surface area contributed by atoms with Gasteiger partial charge in [-0.25, -0.2) is 4.79 Å². The molecule has 3 N–H and O–H groups in total. The second-order valence-corrected chi connectivity index (χ2v) is 8.11. The molecule has 2 rings (SSSR count). The number of Topliss-reactive ketones (excluding diaryl/α,β-unsaturated/α-hetero) is 1. The summed E-state index contributed by atoms with van der Waals surface area (Å²) in [7, 11) is 0. The SMILES string of the molecule is CC(=O)/C(=C(/C)N)c1ccc([C@H](C[N-]c2ccccc2)NC(=O)OC(C)(C)C)cc1.[Th]. The second kappa shape index (κ2) is 12.2. The van der Waals surface area contributed by atoms with E-state index in [1.165, 1.54) is 6.92 Å². The molecule has 0 aliphatic heterocycles. The number of carbonyl (C=O) groups excluding carboxylic acids is 2. The second-order valence-electron chi connectivity index (χ2n) is 8.11. The smallest absolute Gasteiger partial charge is 0.408 e. The van der Waals surface area contributed by atoms with Gasteiger partial charge < -0.3 is 21.1 Å². The van der Waals surface area contributed by atoms with Gasteiger partial charge in [0.05, 0.1) is 0 Å². The van der Waals surface area contributed by atoms with Crippen molar-refractivity contribution in [2.45, 2.75) is 46.3 Å². The van der Waals surface area contributed by atoms with Crippen LogP contribution in [0.3, 0.4) is 0 Å². The third-order valence-electron chi connectivity index (χ3n) is 4.25. The molecule has 1 atom stereocenters. The van der Waals surface area contributed by atoms with Crippen LogP contribution >= 0.6 is 0 Å². The molecule has 7 heteroatoms. The van der Waals surface area contributed by atoms with Crippen molar-refractivity contribution in [3.05, 3.63) is 76.7 Å². The Morgan fingerprint density at radius 1 is 1.03 bits per heavy atom. The van der Waals surface area contributed by atoms with E-state index < -0.39 is 17.7 Å². The summed E-state index contributed by atoms with van der Waals surface area (Å²) in [6.45, 7) is 8.98. The third kappa shape index (κ3) is 8.97. The molecular formula is C24H30N3O3Th-. The van der Waals surface area contributed by atoms with Crippen molar-refractivity contribution >= 4 is 23.1 Å². The molecule has 0 saturated carbocycles. The van der Waals surface area contributed by atoms with E-state index in [4.69, 9.17) is 10.5 Å². The van der Waals surface area contributed by atoms with Crippen molar-refractivity contribution in [3.8, 4) is 0 Å². The molecular weight excluding hydrogens is 610 g/mol. The van der Waals surface area contributed by atoms with Crippen LogP contribution in [0.15, 0.2) is 60.3 Å². The van der Waals surface area contributed by atoms with Gasteiger partial charge in [0, 0.05) is 57.3 Å². The molecule has 0 aliphatic rings. The zero-order chi connectivity index (χ0) is 22.3. The number of nitrogens with one attached hydrogen (secondary N) is 1. The number of hydrogen-bond acceptors (Lipinski definition) is 4. The van der Waals surface area contributed by atoms with Crippen molar-refractivity contribution < 1.29 is 54.3 Å². The minimum Gasteiger partial charge on any atom is -0.682 e. The Kier molecular flexibility index (Phi) is 10.6. The van der Waals surface area contributed by atoms with Crippen molar-refractivity contribution in [2.75, 3.05) is 6.54 Å². The van der Waals surface area contributed by atoms with E-state index >= 15 is 0 Å². The van der Waals surface area contributed by atoms with Crippen LogP contribution in [0.5, 0.6) is 0 Å². The quantitative estimate of drug-likeness (QED) is 0.405. The summed E-state index contributed by atoms with van der Waals surface area (Å²) in [6.07, 6.45) is -0.512. The van der Waals surface area contributed by atoms with E-state index in [1.54, 1.807) is 6.92 Å². The zero-order valence-corrected chi connectivity index (χ0v) is 22.8. The van der Waals surface area contributed by atoms with E-state index in [1.807, 2.05) is 75.4 Å². The van der Waals surface area contributed by atoms with E-state index in [0.29, 0.717) is 17.8 Å². The maximum absolute atomic E-state index is 12.4. The average Bonchev–Trinajstić information content (AvgIpc) is 2.64. The number of nitrogens with zero attached hydrogens (tertiary/aromatic N) is 1. The molecule has 2 aromatic rings. The predicted molar refractivity (Wildman–Crippen MR) is 120 cm³/mol. The Labute approximate surface area is 216 Å². The van der Waals surface area contributed by atoms with Gasteiger partial charge in [-0.15, -0.1) is 12.2 Å². The van der Waals surface area contributed by atoms with Crippen molar-refractivity contribution in [3.63, 3.8) is 0 Å². The van der Waals surface area contributed by atoms with E-state index in [9.17, 15) is 9.59 Å². The monoisotopic (exact) mass is 640 g/mol. The largest absolute Gasteiger partial charge is 0.682 e. The van der Waals surface area contributed by atoms with Crippen LogP contribution in [0.25, 0.3) is 10.9 Å². The van der Waals surface area contributed by atoms with Gasteiger partial charge >= 0.3 is 6.09 Å². The van der Waals surface area contributed by atoms with E-state index in [0.717, 1.165) is 16.8 Å². The van der Waals surface area contributed by atoms with Crippen LogP contribution in [0.4, 0.5) is 10.5 Å². The predicted octanol–water partition coefficient (Wildman–Crippen LogP) is 5.24. The minimum absolute atomic E-state index is 0. The normalized spacial score (nSPS) is 12.7. The first-order valence-electron chi connectivity index (χ1n) is 9.86. The molecule has 0 bridgehead atoms. The Morgan fingerprint density at radius 3 is 2.10 bits per heavy atom. The first kappa shape index (κ1) is 27.1. The van der Waals surface area contributed by atoms with Gasteiger partial charge in [-0.05, 0) is 45.7 Å². The fourth-order valence-corrected chi connectivity index (χ4v) is 3.00. The molecule has 0 aromatic heterocycles. The third-order valence-corrected chi connectivity index (χ3v) is 4.25. The standard InChI is InChI=1S/C24H30N3O3.Th/c1-16(25)22(17(2)28)19-13-11-18(12-14-19)21(27-23(29)30-24(3,4)5)15-26-20-9-7-6-8-10-20;/h6-14,21H,15H2,1-5H3,(H2,25,28)(H,27,29);/q-1;/t21-;/m0./s1. The number of carbonyl (C=O) groups is 2.